The van der Waals surface area contributed by atoms with Crippen LogP contribution in [0, 0.1) is 0 Å². The predicted octanol–water partition coefficient (Wildman–Crippen LogP) is 4.61. The van der Waals surface area contributed by atoms with Gasteiger partial charge in [-0.05, 0) is 64.1 Å². The van der Waals surface area contributed by atoms with Crippen LogP contribution in [-0.4, -0.2) is 32.3 Å². The highest BCUT2D eigenvalue weighted by atomic mass is 16.5. The van der Waals surface area contributed by atoms with E-state index < -0.39 is 11.9 Å². The molecule has 0 amide bonds. The molecule has 32 heavy (non-hydrogen) atoms. The van der Waals surface area contributed by atoms with Crippen LogP contribution in [0.4, 0.5) is 11.4 Å². The van der Waals surface area contributed by atoms with E-state index in [0.29, 0.717) is 22.8 Å². The second kappa shape index (κ2) is 10.0. The van der Waals surface area contributed by atoms with E-state index in [-0.39, 0.29) is 24.6 Å². The summed E-state index contributed by atoms with van der Waals surface area (Å²) in [7, 11) is 1.60. The van der Waals surface area contributed by atoms with Gasteiger partial charge >= 0.3 is 11.9 Å². The Balaban J connectivity index is 2.28. The Hall–Kier alpha value is -3.74. The van der Waals surface area contributed by atoms with Crippen LogP contribution in [0.5, 0.6) is 5.75 Å². The number of methoxy groups -OCH3 is 1. The van der Waals surface area contributed by atoms with Gasteiger partial charge in [0.25, 0.3) is 0 Å². The van der Waals surface area contributed by atoms with Crippen LogP contribution in [0.25, 0.3) is 0 Å². The van der Waals surface area contributed by atoms with Gasteiger partial charge in [-0.25, -0.2) is 9.59 Å². The molecule has 2 aromatic carbocycles. The summed E-state index contributed by atoms with van der Waals surface area (Å²) in [5.41, 5.74) is 3.19. The highest BCUT2D eigenvalue weighted by Crippen LogP contribution is 2.39. The standard InChI is InChI=1S/C25H28N2O5/c1-6-31-24(28)22-17(3)26(20-13-15-21(30-5)16-14-20)18(4)23(25(29)32-7-2)27(22)19-11-9-8-10-12-19/h8-16H,6-7H2,1-5H3. The molecule has 168 valence electrons. The van der Waals surface area contributed by atoms with Crippen molar-refractivity contribution in [2.24, 2.45) is 0 Å². The van der Waals surface area contributed by atoms with Crippen molar-refractivity contribution >= 4 is 23.3 Å². The molecule has 2 aromatic rings. The summed E-state index contributed by atoms with van der Waals surface area (Å²) in [6, 6.07) is 16.6. The molecule has 1 aliphatic heterocycles. The fraction of sp³-hybridized carbons (Fsp3) is 0.280. The topological polar surface area (TPSA) is 68.3 Å². The molecular formula is C25H28N2O5. The molecule has 0 saturated heterocycles. The van der Waals surface area contributed by atoms with E-state index in [0.717, 1.165) is 5.69 Å². The smallest absolute Gasteiger partial charge is 0.357 e. The Kier molecular flexibility index (Phi) is 7.20. The summed E-state index contributed by atoms with van der Waals surface area (Å²) in [6.45, 7) is 7.57. The summed E-state index contributed by atoms with van der Waals surface area (Å²) >= 11 is 0. The van der Waals surface area contributed by atoms with Crippen molar-refractivity contribution in [2.75, 3.05) is 30.1 Å². The van der Waals surface area contributed by atoms with Gasteiger partial charge in [0.1, 0.15) is 5.75 Å². The van der Waals surface area contributed by atoms with Crippen LogP contribution >= 0.6 is 0 Å². The van der Waals surface area contributed by atoms with E-state index >= 15 is 0 Å². The van der Waals surface area contributed by atoms with E-state index in [1.807, 2.05) is 73.3 Å². The molecule has 0 fully saturated rings. The molecule has 0 bridgehead atoms. The van der Waals surface area contributed by atoms with Gasteiger partial charge in [-0.2, -0.15) is 0 Å². The largest absolute Gasteiger partial charge is 0.497 e. The molecule has 7 heteroatoms. The molecule has 0 spiro atoms. The minimum absolute atomic E-state index is 0.207. The van der Waals surface area contributed by atoms with Crippen LogP contribution in [0.3, 0.4) is 0 Å². The number of benzene rings is 2. The Bertz CT molecular complexity index is 1000. The zero-order valence-corrected chi connectivity index (χ0v) is 19.0. The molecule has 0 unspecified atom stereocenters. The average molecular weight is 437 g/mol. The number of carbonyl (C=O) groups excluding carboxylic acids is 2. The van der Waals surface area contributed by atoms with Crippen LogP contribution in [-0.2, 0) is 19.1 Å². The predicted molar refractivity (Wildman–Crippen MR) is 123 cm³/mol. The van der Waals surface area contributed by atoms with Gasteiger partial charge in [0.05, 0.1) is 31.7 Å². The van der Waals surface area contributed by atoms with E-state index in [9.17, 15) is 9.59 Å². The van der Waals surface area contributed by atoms with Crippen molar-refractivity contribution in [3.63, 3.8) is 0 Å². The van der Waals surface area contributed by atoms with Crippen molar-refractivity contribution in [1.82, 2.24) is 0 Å². The number of para-hydroxylation sites is 1. The van der Waals surface area contributed by atoms with Crippen molar-refractivity contribution in [3.8, 4) is 5.75 Å². The molecule has 1 aliphatic rings. The number of ether oxygens (including phenoxy) is 3. The highest BCUT2D eigenvalue weighted by Gasteiger charge is 2.39. The summed E-state index contributed by atoms with van der Waals surface area (Å²) in [5.74, 6) is -0.348. The zero-order valence-electron chi connectivity index (χ0n) is 19.0. The quantitative estimate of drug-likeness (QED) is 0.587. The van der Waals surface area contributed by atoms with Crippen molar-refractivity contribution in [3.05, 3.63) is 77.4 Å². The SMILES string of the molecule is CCOC(=O)C1=C(C)N(c2ccc(OC)cc2)C(C)=C(C(=O)OCC)N1c1ccccc1. The fourth-order valence-electron chi connectivity index (χ4n) is 3.73. The lowest BCUT2D eigenvalue weighted by Gasteiger charge is -2.40. The zero-order chi connectivity index (χ0) is 23.3. The Morgan fingerprint density at radius 2 is 1.19 bits per heavy atom. The van der Waals surface area contributed by atoms with E-state index in [1.54, 1.807) is 25.9 Å². The minimum atomic E-state index is -0.526. The third-order valence-corrected chi connectivity index (χ3v) is 5.09. The molecule has 0 aromatic heterocycles. The van der Waals surface area contributed by atoms with Crippen molar-refractivity contribution in [2.45, 2.75) is 27.7 Å². The summed E-state index contributed by atoms with van der Waals surface area (Å²) < 4.78 is 16.0. The van der Waals surface area contributed by atoms with Crippen LogP contribution in [0.15, 0.2) is 77.4 Å². The number of anilines is 2. The first-order valence-corrected chi connectivity index (χ1v) is 10.5. The first-order chi connectivity index (χ1) is 15.4. The maximum Gasteiger partial charge on any atom is 0.357 e. The summed E-state index contributed by atoms with van der Waals surface area (Å²) in [5, 5.41) is 0. The maximum absolute atomic E-state index is 13.2. The molecule has 0 N–H and O–H groups in total. The molecule has 1 heterocycles. The minimum Gasteiger partial charge on any atom is -0.497 e. The number of rotatable bonds is 7. The number of esters is 2. The maximum atomic E-state index is 13.2. The lowest BCUT2D eigenvalue weighted by atomic mass is 10.1. The first-order valence-electron chi connectivity index (χ1n) is 10.5. The Labute approximate surface area is 188 Å². The van der Waals surface area contributed by atoms with Gasteiger partial charge in [-0.3, -0.25) is 4.90 Å². The van der Waals surface area contributed by atoms with Crippen LogP contribution < -0.4 is 14.5 Å². The number of hydrogen-bond acceptors (Lipinski definition) is 7. The Morgan fingerprint density at radius 3 is 1.62 bits per heavy atom. The lowest BCUT2D eigenvalue weighted by Crippen LogP contribution is -2.42. The van der Waals surface area contributed by atoms with Gasteiger partial charge in [0, 0.05) is 11.4 Å². The third-order valence-electron chi connectivity index (χ3n) is 5.09. The average Bonchev–Trinajstić information content (AvgIpc) is 2.80. The van der Waals surface area contributed by atoms with E-state index in [4.69, 9.17) is 14.2 Å². The molecule has 0 radical (unpaired) electrons. The van der Waals surface area contributed by atoms with Crippen molar-refractivity contribution in [1.29, 1.82) is 0 Å². The van der Waals surface area contributed by atoms with E-state index in [2.05, 4.69) is 0 Å². The summed E-state index contributed by atoms with van der Waals surface area (Å²) in [6.07, 6.45) is 0. The van der Waals surface area contributed by atoms with Gasteiger partial charge in [-0.15, -0.1) is 0 Å². The van der Waals surface area contributed by atoms with Gasteiger partial charge in [-0.1, -0.05) is 18.2 Å². The van der Waals surface area contributed by atoms with Gasteiger partial charge < -0.3 is 19.1 Å². The number of allylic oxidation sites excluding steroid dienone is 2. The van der Waals surface area contributed by atoms with Crippen molar-refractivity contribution < 1.29 is 23.8 Å². The second-order valence-corrected chi connectivity index (χ2v) is 7.01. The number of hydrogen-bond donors (Lipinski definition) is 0. The highest BCUT2D eigenvalue weighted by molar-refractivity contribution is 6.04. The van der Waals surface area contributed by atoms with Gasteiger partial charge in [0.15, 0.2) is 11.4 Å². The monoisotopic (exact) mass is 436 g/mol. The molecule has 0 saturated carbocycles. The van der Waals surface area contributed by atoms with E-state index in [1.165, 1.54) is 0 Å². The van der Waals surface area contributed by atoms with Crippen LogP contribution in [0.1, 0.15) is 27.7 Å². The van der Waals surface area contributed by atoms with Gasteiger partial charge in [0.2, 0.25) is 0 Å². The lowest BCUT2D eigenvalue weighted by molar-refractivity contribution is -0.139. The molecule has 3 rings (SSSR count). The molecule has 7 nitrogen and oxygen atoms in total. The number of carbonyl (C=O) groups is 2. The molecule has 0 atom stereocenters. The normalized spacial score (nSPS) is 13.9. The molecule has 0 aliphatic carbocycles. The first kappa shape index (κ1) is 22.9. The van der Waals surface area contributed by atoms with Crippen LogP contribution in [0.2, 0.25) is 0 Å². The molecular weight excluding hydrogens is 408 g/mol. The second-order valence-electron chi connectivity index (χ2n) is 7.01. The number of nitrogens with zero attached hydrogens (tertiary/aromatic N) is 2. The third kappa shape index (κ3) is 4.32. The summed E-state index contributed by atoms with van der Waals surface area (Å²) in [4.78, 5) is 29.8. The Morgan fingerprint density at radius 1 is 0.719 bits per heavy atom. The fourth-order valence-corrected chi connectivity index (χ4v) is 3.73.